The summed E-state index contributed by atoms with van der Waals surface area (Å²) in [5, 5.41) is 3.93. The molecule has 0 bridgehead atoms. The number of halogens is 2. The van der Waals surface area contributed by atoms with Crippen LogP contribution >= 0.6 is 0 Å². The van der Waals surface area contributed by atoms with E-state index in [-0.39, 0.29) is 10.6 Å². The van der Waals surface area contributed by atoms with Gasteiger partial charge in [0.1, 0.15) is 0 Å². The lowest BCUT2D eigenvalue weighted by atomic mass is 10.2. The van der Waals surface area contributed by atoms with Crippen LogP contribution in [0.4, 0.5) is 14.5 Å². The van der Waals surface area contributed by atoms with Gasteiger partial charge >= 0.3 is 0 Å². The molecule has 10 heteroatoms. The zero-order valence-electron chi connectivity index (χ0n) is 10.1. The molecule has 0 aliphatic carbocycles. The first-order chi connectivity index (χ1) is 9.25. The van der Waals surface area contributed by atoms with Crippen LogP contribution in [0.3, 0.4) is 0 Å². The maximum Gasteiger partial charge on any atom is 0.294 e. The van der Waals surface area contributed by atoms with Crippen LogP contribution in [0.1, 0.15) is 5.56 Å². The van der Waals surface area contributed by atoms with E-state index >= 15 is 0 Å². The number of rotatable bonds is 3. The third-order valence-corrected chi connectivity index (χ3v) is 3.24. The first kappa shape index (κ1) is 14.2. The first-order valence-electron chi connectivity index (χ1n) is 5.28. The highest BCUT2D eigenvalue weighted by Gasteiger charge is 2.15. The Hall–Kier alpha value is -2.20. The number of allylic oxidation sites excluding steroid dienone is 1. The maximum atomic E-state index is 13.0. The Morgan fingerprint density at radius 3 is 2.70 bits per heavy atom. The molecule has 3 N–H and O–H groups in total. The minimum atomic E-state index is -4.38. The predicted molar refractivity (Wildman–Crippen MR) is 67.3 cm³/mol. The second-order valence-electron chi connectivity index (χ2n) is 3.90. The molecule has 0 atom stereocenters. The largest absolute Gasteiger partial charge is 0.294 e. The Morgan fingerprint density at radius 2 is 2.10 bits per heavy atom. The Morgan fingerprint density at radius 1 is 1.40 bits per heavy atom. The molecule has 0 aromatic heterocycles. The van der Waals surface area contributed by atoms with Crippen molar-refractivity contribution in [3.05, 3.63) is 35.8 Å². The second-order valence-corrected chi connectivity index (χ2v) is 5.32. The van der Waals surface area contributed by atoms with Crippen molar-refractivity contribution in [2.45, 2.75) is 11.8 Å². The Balaban J connectivity index is 2.28. The molecule has 1 aliphatic heterocycles. The number of anilines is 1. The van der Waals surface area contributed by atoms with E-state index in [0.717, 1.165) is 6.07 Å². The molecule has 2 rings (SSSR count). The molecule has 7 nitrogen and oxygen atoms in total. The van der Waals surface area contributed by atoms with Crippen molar-refractivity contribution >= 4 is 21.8 Å². The number of hydrazine groups is 2. The monoisotopic (exact) mass is 304 g/mol. The SMILES string of the molecule is Cc1ccc(S(=O)(=O)O)cc1NN1N=C(F)C=C(F)N1. The summed E-state index contributed by atoms with van der Waals surface area (Å²) in [5.41, 5.74) is 5.29. The molecular formula is C10H10F2N4O3S. The summed E-state index contributed by atoms with van der Waals surface area (Å²) in [6.45, 7) is 1.63. The molecule has 108 valence electrons. The number of hydrogen-bond donors (Lipinski definition) is 3. The lowest BCUT2D eigenvalue weighted by Gasteiger charge is -2.24. The van der Waals surface area contributed by atoms with Gasteiger partial charge < -0.3 is 0 Å². The van der Waals surface area contributed by atoms with Crippen molar-refractivity contribution in [3.63, 3.8) is 0 Å². The summed E-state index contributed by atoms with van der Waals surface area (Å²) in [4.78, 5) is -0.358. The fourth-order valence-electron chi connectivity index (χ4n) is 1.44. The molecule has 0 unspecified atom stereocenters. The van der Waals surface area contributed by atoms with E-state index in [0.29, 0.717) is 16.9 Å². The minimum Gasteiger partial charge on any atom is -0.282 e. The van der Waals surface area contributed by atoms with Crippen LogP contribution in [0.5, 0.6) is 0 Å². The van der Waals surface area contributed by atoms with E-state index < -0.39 is 22.0 Å². The lowest BCUT2D eigenvalue weighted by molar-refractivity contribution is 0.233. The molecule has 1 heterocycles. The minimum absolute atomic E-state index is 0.193. The molecule has 1 aliphatic rings. The molecular weight excluding hydrogens is 294 g/mol. The normalized spacial score (nSPS) is 15.3. The van der Waals surface area contributed by atoms with Gasteiger partial charge in [0.15, 0.2) is 0 Å². The van der Waals surface area contributed by atoms with Gasteiger partial charge in [-0.1, -0.05) is 6.07 Å². The molecule has 0 spiro atoms. The summed E-state index contributed by atoms with van der Waals surface area (Å²) < 4.78 is 56.9. The van der Waals surface area contributed by atoms with E-state index in [1.807, 2.05) is 0 Å². The summed E-state index contributed by atoms with van der Waals surface area (Å²) >= 11 is 0. The highest BCUT2D eigenvalue weighted by Crippen LogP contribution is 2.21. The van der Waals surface area contributed by atoms with Crippen molar-refractivity contribution in [1.82, 2.24) is 10.7 Å². The average molecular weight is 304 g/mol. The summed E-state index contributed by atoms with van der Waals surface area (Å²) in [7, 11) is -4.38. The van der Waals surface area contributed by atoms with Gasteiger partial charge in [0, 0.05) is 6.08 Å². The number of benzene rings is 1. The van der Waals surface area contributed by atoms with Gasteiger partial charge in [0.25, 0.3) is 10.1 Å². The standard InChI is InChI=1S/C10H10F2N4O3S/c1-6-2-3-7(20(17,18)19)4-8(6)13-16-14-9(11)5-10(12)15-16/h2-5,13-14H,1H3,(H,17,18,19). The van der Waals surface area contributed by atoms with Gasteiger partial charge in [-0.05, 0) is 24.6 Å². The topological polar surface area (TPSA) is 94.0 Å². The zero-order chi connectivity index (χ0) is 14.9. The zero-order valence-corrected chi connectivity index (χ0v) is 10.9. The van der Waals surface area contributed by atoms with Gasteiger partial charge in [-0.2, -0.15) is 17.2 Å². The van der Waals surface area contributed by atoms with E-state index in [9.17, 15) is 17.2 Å². The van der Waals surface area contributed by atoms with Crippen LogP contribution in [0.15, 0.2) is 40.2 Å². The molecule has 0 saturated carbocycles. The highest BCUT2D eigenvalue weighted by molar-refractivity contribution is 7.85. The summed E-state index contributed by atoms with van der Waals surface area (Å²) in [6.07, 6.45) is 0.541. The van der Waals surface area contributed by atoms with Gasteiger partial charge in [0.05, 0.1) is 10.6 Å². The van der Waals surface area contributed by atoms with Crippen molar-refractivity contribution < 1.29 is 21.8 Å². The maximum absolute atomic E-state index is 13.0. The van der Waals surface area contributed by atoms with Gasteiger partial charge in [-0.3, -0.25) is 9.98 Å². The molecule has 1 aromatic carbocycles. The Kier molecular flexibility index (Phi) is 3.59. The Bertz CT molecular complexity index is 702. The first-order valence-corrected chi connectivity index (χ1v) is 6.72. The summed E-state index contributed by atoms with van der Waals surface area (Å²) in [5.74, 6) is -2.05. The Labute approximate surface area is 113 Å². The van der Waals surface area contributed by atoms with Gasteiger partial charge in [-0.15, -0.1) is 10.3 Å². The van der Waals surface area contributed by atoms with E-state index in [1.54, 1.807) is 6.92 Å². The van der Waals surface area contributed by atoms with Crippen LogP contribution in [-0.2, 0) is 10.1 Å². The molecule has 0 fully saturated rings. The van der Waals surface area contributed by atoms with Crippen LogP contribution in [0.25, 0.3) is 0 Å². The van der Waals surface area contributed by atoms with Crippen LogP contribution in [0, 0.1) is 6.92 Å². The highest BCUT2D eigenvalue weighted by atomic mass is 32.2. The number of hydrazone groups is 1. The molecule has 1 aromatic rings. The number of nitrogens with one attached hydrogen (secondary N) is 2. The fourth-order valence-corrected chi connectivity index (χ4v) is 1.94. The quantitative estimate of drug-likeness (QED) is 0.578. The van der Waals surface area contributed by atoms with Crippen molar-refractivity contribution in [1.29, 1.82) is 0 Å². The van der Waals surface area contributed by atoms with Crippen molar-refractivity contribution in [2.24, 2.45) is 5.10 Å². The van der Waals surface area contributed by atoms with E-state index in [2.05, 4.69) is 16.0 Å². The van der Waals surface area contributed by atoms with Crippen LogP contribution in [0.2, 0.25) is 0 Å². The molecule has 20 heavy (non-hydrogen) atoms. The second kappa shape index (κ2) is 5.06. The van der Waals surface area contributed by atoms with Crippen LogP contribution < -0.4 is 10.9 Å². The number of hydrogen-bond acceptors (Lipinski definition) is 6. The average Bonchev–Trinajstić information content (AvgIpc) is 2.29. The smallest absolute Gasteiger partial charge is 0.282 e. The van der Waals surface area contributed by atoms with Crippen LogP contribution in [-0.4, -0.2) is 24.2 Å². The van der Waals surface area contributed by atoms with Crippen molar-refractivity contribution in [3.8, 4) is 0 Å². The molecule has 0 radical (unpaired) electrons. The lowest BCUT2D eigenvalue weighted by Crippen LogP contribution is -2.39. The fraction of sp³-hybridized carbons (Fsp3) is 0.100. The van der Waals surface area contributed by atoms with Crippen molar-refractivity contribution in [2.75, 3.05) is 5.43 Å². The third-order valence-electron chi connectivity index (χ3n) is 2.39. The van der Waals surface area contributed by atoms with Gasteiger partial charge in [-0.25, -0.2) is 5.43 Å². The van der Waals surface area contributed by atoms with E-state index in [4.69, 9.17) is 4.55 Å². The predicted octanol–water partition coefficient (Wildman–Crippen LogP) is 1.48. The number of aryl methyl sites for hydroxylation is 1. The third kappa shape index (κ3) is 3.22. The summed E-state index contributed by atoms with van der Waals surface area (Å²) in [6, 6.07) is 3.72. The van der Waals surface area contributed by atoms with Gasteiger partial charge in [0.2, 0.25) is 11.9 Å². The van der Waals surface area contributed by atoms with E-state index in [1.165, 1.54) is 12.1 Å². The molecule has 0 saturated heterocycles. The number of nitrogens with zero attached hydrogens (tertiary/aromatic N) is 2. The molecule has 0 amide bonds.